The molecule has 0 heterocycles. The molecule has 2 aromatic rings. The van der Waals surface area contributed by atoms with E-state index in [1.807, 2.05) is 55.5 Å². The monoisotopic (exact) mass is 402 g/mol. The standard InChI is InChI=1S/C21H26N2O4S/c1-3-16-6-4-5-7-19(16)23-20(24)14-22-21(25)15-28-13-12-27-18-10-8-17(26-2)9-11-18/h4-11H,3,12-15H2,1-2H3,(H,22,25)(H,23,24). The van der Waals surface area contributed by atoms with Crippen LogP contribution in [0.3, 0.4) is 0 Å². The summed E-state index contributed by atoms with van der Waals surface area (Å²) < 4.78 is 10.7. The van der Waals surface area contributed by atoms with Gasteiger partial charge >= 0.3 is 0 Å². The van der Waals surface area contributed by atoms with E-state index >= 15 is 0 Å². The third-order valence-corrected chi connectivity index (χ3v) is 4.83. The van der Waals surface area contributed by atoms with Crippen molar-refractivity contribution in [1.82, 2.24) is 5.32 Å². The van der Waals surface area contributed by atoms with Gasteiger partial charge < -0.3 is 20.1 Å². The Bertz CT molecular complexity index is 765. The number of nitrogens with one attached hydrogen (secondary N) is 2. The van der Waals surface area contributed by atoms with Crippen LogP contribution < -0.4 is 20.1 Å². The van der Waals surface area contributed by atoms with Crippen LogP contribution in [-0.2, 0) is 16.0 Å². The normalized spacial score (nSPS) is 10.2. The van der Waals surface area contributed by atoms with Gasteiger partial charge in [-0.1, -0.05) is 25.1 Å². The van der Waals surface area contributed by atoms with Crippen LogP contribution in [0, 0.1) is 0 Å². The molecule has 2 rings (SSSR count). The first-order chi connectivity index (χ1) is 13.6. The number of methoxy groups -OCH3 is 1. The van der Waals surface area contributed by atoms with E-state index < -0.39 is 0 Å². The fourth-order valence-electron chi connectivity index (χ4n) is 2.43. The van der Waals surface area contributed by atoms with E-state index in [0.717, 1.165) is 29.2 Å². The van der Waals surface area contributed by atoms with Crippen LogP contribution in [0.2, 0.25) is 0 Å². The molecule has 0 fully saturated rings. The van der Waals surface area contributed by atoms with Gasteiger partial charge in [-0.15, -0.1) is 11.8 Å². The van der Waals surface area contributed by atoms with Gasteiger partial charge in [0.1, 0.15) is 11.5 Å². The zero-order valence-corrected chi connectivity index (χ0v) is 17.0. The quantitative estimate of drug-likeness (QED) is 0.565. The van der Waals surface area contributed by atoms with Crippen LogP contribution in [0.1, 0.15) is 12.5 Å². The summed E-state index contributed by atoms with van der Waals surface area (Å²) in [6.45, 7) is 2.49. The molecule has 0 aliphatic carbocycles. The fourth-order valence-corrected chi connectivity index (χ4v) is 3.06. The van der Waals surface area contributed by atoms with Crippen molar-refractivity contribution in [2.75, 3.05) is 37.1 Å². The summed E-state index contributed by atoms with van der Waals surface area (Å²) in [7, 11) is 1.62. The van der Waals surface area contributed by atoms with E-state index in [9.17, 15) is 9.59 Å². The maximum absolute atomic E-state index is 12.0. The molecule has 0 saturated heterocycles. The Morgan fingerprint density at radius 2 is 1.71 bits per heavy atom. The number of para-hydroxylation sites is 1. The maximum atomic E-state index is 12.0. The Kier molecular flexibility index (Phi) is 9.21. The molecule has 0 unspecified atom stereocenters. The lowest BCUT2D eigenvalue weighted by atomic mass is 10.1. The van der Waals surface area contributed by atoms with Gasteiger partial charge in [0, 0.05) is 11.4 Å². The molecule has 6 nitrogen and oxygen atoms in total. The molecule has 0 aliphatic rings. The molecule has 0 bridgehead atoms. The molecule has 150 valence electrons. The van der Waals surface area contributed by atoms with Crippen molar-refractivity contribution in [2.45, 2.75) is 13.3 Å². The van der Waals surface area contributed by atoms with Gasteiger partial charge in [-0.25, -0.2) is 0 Å². The molecule has 2 amide bonds. The number of hydrogen-bond acceptors (Lipinski definition) is 5. The molecule has 2 aromatic carbocycles. The van der Waals surface area contributed by atoms with Gasteiger partial charge in [-0.2, -0.15) is 0 Å². The van der Waals surface area contributed by atoms with E-state index in [-0.39, 0.29) is 24.1 Å². The Morgan fingerprint density at radius 3 is 2.43 bits per heavy atom. The molecule has 0 spiro atoms. The summed E-state index contributed by atoms with van der Waals surface area (Å²) >= 11 is 1.46. The molecular weight excluding hydrogens is 376 g/mol. The van der Waals surface area contributed by atoms with Crippen molar-refractivity contribution in [3.8, 4) is 11.5 Å². The van der Waals surface area contributed by atoms with Crippen molar-refractivity contribution >= 4 is 29.3 Å². The van der Waals surface area contributed by atoms with Crippen molar-refractivity contribution in [3.63, 3.8) is 0 Å². The first-order valence-corrected chi connectivity index (χ1v) is 10.3. The molecule has 7 heteroatoms. The van der Waals surface area contributed by atoms with E-state index in [1.54, 1.807) is 7.11 Å². The molecule has 0 saturated carbocycles. The maximum Gasteiger partial charge on any atom is 0.243 e. The zero-order chi connectivity index (χ0) is 20.2. The number of carbonyl (C=O) groups is 2. The van der Waals surface area contributed by atoms with Gasteiger partial charge in [0.15, 0.2) is 0 Å². The van der Waals surface area contributed by atoms with Gasteiger partial charge in [0.05, 0.1) is 26.0 Å². The second-order valence-corrected chi connectivity index (χ2v) is 7.02. The lowest BCUT2D eigenvalue weighted by molar-refractivity contribution is -0.122. The molecule has 28 heavy (non-hydrogen) atoms. The Balaban J connectivity index is 1.58. The van der Waals surface area contributed by atoms with Crippen LogP contribution in [0.15, 0.2) is 48.5 Å². The zero-order valence-electron chi connectivity index (χ0n) is 16.2. The number of hydrogen-bond donors (Lipinski definition) is 2. The average Bonchev–Trinajstić information content (AvgIpc) is 2.73. The predicted octanol–water partition coefficient (Wildman–Crippen LogP) is 3.12. The SMILES string of the molecule is CCc1ccccc1NC(=O)CNC(=O)CSCCOc1ccc(OC)cc1. The summed E-state index contributed by atoms with van der Waals surface area (Å²) in [5, 5.41) is 5.47. The summed E-state index contributed by atoms with van der Waals surface area (Å²) in [4.78, 5) is 23.9. The minimum absolute atomic E-state index is 0.0419. The number of carbonyl (C=O) groups excluding carboxylic acids is 2. The van der Waals surface area contributed by atoms with Gasteiger partial charge in [-0.05, 0) is 42.3 Å². The highest BCUT2D eigenvalue weighted by molar-refractivity contribution is 7.99. The largest absolute Gasteiger partial charge is 0.497 e. The summed E-state index contributed by atoms with van der Waals surface area (Å²) in [5.41, 5.74) is 1.85. The summed E-state index contributed by atoms with van der Waals surface area (Å²) in [5.74, 6) is 2.09. The number of anilines is 1. The first-order valence-electron chi connectivity index (χ1n) is 9.11. The van der Waals surface area contributed by atoms with E-state index in [2.05, 4.69) is 10.6 Å². The van der Waals surface area contributed by atoms with Gasteiger partial charge in [0.25, 0.3) is 0 Å². The minimum atomic E-state index is -0.234. The van der Waals surface area contributed by atoms with Crippen molar-refractivity contribution in [2.24, 2.45) is 0 Å². The van der Waals surface area contributed by atoms with E-state index in [1.165, 1.54) is 11.8 Å². The van der Waals surface area contributed by atoms with Gasteiger partial charge in [-0.3, -0.25) is 9.59 Å². The van der Waals surface area contributed by atoms with Crippen molar-refractivity contribution in [3.05, 3.63) is 54.1 Å². The van der Waals surface area contributed by atoms with Gasteiger partial charge in [0.2, 0.25) is 11.8 Å². The average molecular weight is 403 g/mol. The molecule has 0 aromatic heterocycles. The number of aryl methyl sites for hydroxylation is 1. The van der Waals surface area contributed by atoms with Crippen LogP contribution in [0.5, 0.6) is 11.5 Å². The molecule has 2 N–H and O–H groups in total. The van der Waals surface area contributed by atoms with Crippen LogP contribution in [-0.4, -0.2) is 43.6 Å². The minimum Gasteiger partial charge on any atom is -0.497 e. The second kappa shape index (κ2) is 11.9. The summed E-state index contributed by atoms with van der Waals surface area (Å²) in [6.07, 6.45) is 0.831. The van der Waals surface area contributed by atoms with Crippen LogP contribution in [0.4, 0.5) is 5.69 Å². The number of thioether (sulfide) groups is 1. The third kappa shape index (κ3) is 7.52. The first kappa shape index (κ1) is 21.6. The molecular formula is C21H26N2O4S. The van der Waals surface area contributed by atoms with Crippen molar-refractivity contribution < 1.29 is 19.1 Å². The number of ether oxygens (including phenoxy) is 2. The van der Waals surface area contributed by atoms with E-state index in [0.29, 0.717) is 12.4 Å². The highest BCUT2D eigenvalue weighted by Gasteiger charge is 2.08. The number of amides is 2. The van der Waals surface area contributed by atoms with Crippen molar-refractivity contribution in [1.29, 1.82) is 0 Å². The Hall–Kier alpha value is -2.67. The van der Waals surface area contributed by atoms with Crippen LogP contribution >= 0.6 is 11.8 Å². The summed E-state index contributed by atoms with van der Waals surface area (Å²) in [6, 6.07) is 15.0. The lowest BCUT2D eigenvalue weighted by Crippen LogP contribution is -2.34. The second-order valence-electron chi connectivity index (χ2n) is 5.91. The highest BCUT2D eigenvalue weighted by Crippen LogP contribution is 2.17. The number of benzene rings is 2. The lowest BCUT2D eigenvalue weighted by Gasteiger charge is -2.10. The molecule has 0 atom stereocenters. The number of rotatable bonds is 11. The Labute approximate surface area is 170 Å². The smallest absolute Gasteiger partial charge is 0.243 e. The molecule has 0 aliphatic heterocycles. The third-order valence-electron chi connectivity index (χ3n) is 3.91. The predicted molar refractivity (Wildman–Crippen MR) is 113 cm³/mol. The topological polar surface area (TPSA) is 76.7 Å². The Morgan fingerprint density at radius 1 is 1.00 bits per heavy atom. The van der Waals surface area contributed by atoms with Crippen LogP contribution in [0.25, 0.3) is 0 Å². The fraction of sp³-hybridized carbons (Fsp3) is 0.333. The highest BCUT2D eigenvalue weighted by atomic mass is 32.2. The molecule has 0 radical (unpaired) electrons. The van der Waals surface area contributed by atoms with E-state index in [4.69, 9.17) is 9.47 Å².